The lowest BCUT2D eigenvalue weighted by Gasteiger charge is -2.11. The molecule has 2 aromatic heterocycles. The van der Waals surface area contributed by atoms with Crippen LogP contribution in [-0.2, 0) is 6.18 Å². The minimum absolute atomic E-state index is 0.0751. The van der Waals surface area contributed by atoms with Crippen LogP contribution in [0.25, 0.3) is 11.5 Å². The molecule has 0 N–H and O–H groups in total. The maximum Gasteiger partial charge on any atom is 0.421 e. The van der Waals surface area contributed by atoms with Crippen LogP contribution in [0.1, 0.15) is 11.3 Å². The molecule has 0 saturated heterocycles. The van der Waals surface area contributed by atoms with E-state index in [1.165, 1.54) is 13.1 Å². The molecule has 0 unspecified atom stereocenters. The molecule has 0 amide bonds. The maximum atomic E-state index is 12.7. The number of aromatic nitrogens is 3. The third-order valence-electron chi connectivity index (χ3n) is 2.22. The van der Waals surface area contributed by atoms with Crippen LogP contribution in [-0.4, -0.2) is 15.0 Å². The Labute approximate surface area is 106 Å². The van der Waals surface area contributed by atoms with Gasteiger partial charge in [0.1, 0.15) is 16.4 Å². The summed E-state index contributed by atoms with van der Waals surface area (Å²) in [6.07, 6.45) is -3.07. The fourth-order valence-corrected chi connectivity index (χ4v) is 1.79. The highest BCUT2D eigenvalue weighted by Crippen LogP contribution is 2.36. The van der Waals surface area contributed by atoms with Crippen molar-refractivity contribution in [2.24, 2.45) is 0 Å². The molecule has 94 valence electrons. The van der Waals surface area contributed by atoms with Crippen LogP contribution in [0, 0.1) is 6.92 Å². The normalized spacial score (nSPS) is 11.6. The van der Waals surface area contributed by atoms with E-state index in [1.54, 1.807) is 18.2 Å². The zero-order valence-corrected chi connectivity index (χ0v) is 9.92. The van der Waals surface area contributed by atoms with E-state index in [9.17, 15) is 13.2 Å². The lowest BCUT2D eigenvalue weighted by molar-refractivity contribution is -0.138. The Morgan fingerprint density at radius 2 is 1.89 bits per heavy atom. The molecule has 0 radical (unpaired) electrons. The molecule has 0 aromatic carbocycles. The number of hydrogen-bond acceptors (Lipinski definition) is 3. The quantitative estimate of drug-likeness (QED) is 0.746. The van der Waals surface area contributed by atoms with Crippen LogP contribution in [0.5, 0.6) is 0 Å². The predicted molar refractivity (Wildman–Crippen MR) is 60.0 cm³/mol. The fraction of sp³-hybridized carbons (Fsp3) is 0.182. The summed E-state index contributed by atoms with van der Waals surface area (Å²) in [5, 5.41) is -0.615. The van der Waals surface area contributed by atoms with Crippen molar-refractivity contribution in [2.45, 2.75) is 13.1 Å². The summed E-state index contributed by atoms with van der Waals surface area (Å²) in [5.74, 6) is 0.0751. The average Bonchev–Trinajstić information content (AvgIpc) is 2.27. The van der Waals surface area contributed by atoms with E-state index >= 15 is 0 Å². The molecule has 0 aliphatic carbocycles. The van der Waals surface area contributed by atoms with Gasteiger partial charge in [-0.15, -0.1) is 0 Å². The van der Waals surface area contributed by atoms with Gasteiger partial charge in [-0.05, 0) is 19.1 Å². The van der Waals surface area contributed by atoms with Crippen molar-refractivity contribution in [3.63, 3.8) is 0 Å². The number of nitrogens with zero attached hydrogens (tertiary/aromatic N) is 3. The van der Waals surface area contributed by atoms with Gasteiger partial charge < -0.3 is 0 Å². The van der Waals surface area contributed by atoms with Crippen LogP contribution in [0.4, 0.5) is 13.2 Å². The Morgan fingerprint density at radius 3 is 2.39 bits per heavy atom. The molecular weight excluding hydrogens is 267 g/mol. The maximum absolute atomic E-state index is 12.7. The third kappa shape index (κ3) is 2.43. The Kier molecular flexibility index (Phi) is 3.21. The number of hydrogen-bond donors (Lipinski definition) is 0. The molecule has 2 heterocycles. The SMILES string of the molecule is Cc1nc(-c2ccccn2)nc(Cl)c1C(F)(F)F. The highest BCUT2D eigenvalue weighted by atomic mass is 35.5. The molecule has 3 nitrogen and oxygen atoms in total. The van der Waals surface area contributed by atoms with Crippen molar-refractivity contribution in [1.29, 1.82) is 0 Å². The van der Waals surface area contributed by atoms with E-state index in [2.05, 4.69) is 15.0 Å². The van der Waals surface area contributed by atoms with E-state index in [1.807, 2.05) is 0 Å². The zero-order chi connectivity index (χ0) is 13.3. The van der Waals surface area contributed by atoms with Gasteiger partial charge in [0, 0.05) is 6.20 Å². The molecule has 0 spiro atoms. The molecular formula is C11H7ClF3N3. The molecule has 0 saturated carbocycles. The van der Waals surface area contributed by atoms with Crippen LogP contribution < -0.4 is 0 Å². The second-order valence-electron chi connectivity index (χ2n) is 3.51. The highest BCUT2D eigenvalue weighted by molar-refractivity contribution is 6.30. The van der Waals surface area contributed by atoms with Gasteiger partial charge in [0.25, 0.3) is 0 Å². The Bertz CT molecular complexity index is 546. The van der Waals surface area contributed by atoms with Gasteiger partial charge in [-0.25, -0.2) is 9.97 Å². The van der Waals surface area contributed by atoms with Gasteiger partial charge >= 0.3 is 6.18 Å². The summed E-state index contributed by atoms with van der Waals surface area (Å²) in [6.45, 7) is 1.24. The Morgan fingerprint density at radius 1 is 1.17 bits per heavy atom. The van der Waals surface area contributed by atoms with Crippen LogP contribution in [0.2, 0.25) is 5.15 Å². The van der Waals surface area contributed by atoms with Gasteiger partial charge in [0.15, 0.2) is 5.82 Å². The standard InChI is InChI=1S/C11H7ClF3N3/c1-6-8(11(13,14)15)9(12)18-10(17-6)7-4-2-3-5-16-7/h2-5H,1H3. The molecule has 2 aromatic rings. The van der Waals surface area contributed by atoms with Crippen molar-refractivity contribution >= 4 is 11.6 Å². The smallest absolute Gasteiger partial charge is 0.253 e. The lowest BCUT2D eigenvalue weighted by Crippen LogP contribution is -2.12. The van der Waals surface area contributed by atoms with E-state index in [0.717, 1.165) is 0 Å². The van der Waals surface area contributed by atoms with Crippen molar-refractivity contribution in [3.05, 3.63) is 40.8 Å². The monoisotopic (exact) mass is 273 g/mol. The van der Waals surface area contributed by atoms with Crippen molar-refractivity contribution in [2.75, 3.05) is 0 Å². The van der Waals surface area contributed by atoms with E-state index < -0.39 is 16.9 Å². The highest BCUT2D eigenvalue weighted by Gasteiger charge is 2.37. The molecule has 0 aliphatic heterocycles. The molecule has 0 aliphatic rings. The zero-order valence-electron chi connectivity index (χ0n) is 9.16. The number of pyridine rings is 1. The molecule has 18 heavy (non-hydrogen) atoms. The van der Waals surface area contributed by atoms with Crippen molar-refractivity contribution in [3.8, 4) is 11.5 Å². The minimum Gasteiger partial charge on any atom is -0.253 e. The number of rotatable bonds is 1. The van der Waals surface area contributed by atoms with Crippen molar-refractivity contribution in [1.82, 2.24) is 15.0 Å². The summed E-state index contributed by atoms with van der Waals surface area (Å²) in [5.41, 5.74) is -0.858. The van der Waals surface area contributed by atoms with Gasteiger partial charge in [0.05, 0.1) is 5.69 Å². The summed E-state index contributed by atoms with van der Waals surface area (Å²) in [4.78, 5) is 11.4. The van der Waals surface area contributed by atoms with Gasteiger partial charge in [0.2, 0.25) is 0 Å². The first kappa shape index (κ1) is 12.8. The largest absolute Gasteiger partial charge is 0.421 e. The van der Waals surface area contributed by atoms with E-state index in [0.29, 0.717) is 5.69 Å². The van der Waals surface area contributed by atoms with Gasteiger partial charge in [-0.3, -0.25) is 4.98 Å². The minimum atomic E-state index is -4.57. The second-order valence-corrected chi connectivity index (χ2v) is 3.87. The van der Waals surface area contributed by atoms with Gasteiger partial charge in [-0.1, -0.05) is 17.7 Å². The number of aryl methyl sites for hydroxylation is 1. The van der Waals surface area contributed by atoms with Crippen LogP contribution in [0.3, 0.4) is 0 Å². The second kappa shape index (κ2) is 4.53. The van der Waals surface area contributed by atoms with Gasteiger partial charge in [-0.2, -0.15) is 13.2 Å². The molecule has 0 atom stereocenters. The van der Waals surface area contributed by atoms with E-state index in [-0.39, 0.29) is 11.5 Å². The van der Waals surface area contributed by atoms with Crippen LogP contribution in [0.15, 0.2) is 24.4 Å². The third-order valence-corrected chi connectivity index (χ3v) is 2.50. The first-order valence-corrected chi connectivity index (χ1v) is 5.30. The first-order chi connectivity index (χ1) is 8.39. The van der Waals surface area contributed by atoms with Crippen LogP contribution >= 0.6 is 11.6 Å². The Hall–Kier alpha value is -1.69. The molecule has 7 heteroatoms. The lowest BCUT2D eigenvalue weighted by atomic mass is 10.2. The summed E-state index contributed by atoms with van der Waals surface area (Å²) in [6, 6.07) is 4.97. The topological polar surface area (TPSA) is 38.7 Å². The number of halogens is 4. The fourth-order valence-electron chi connectivity index (χ4n) is 1.47. The molecule has 0 fully saturated rings. The van der Waals surface area contributed by atoms with Crippen molar-refractivity contribution < 1.29 is 13.2 Å². The summed E-state index contributed by atoms with van der Waals surface area (Å²) >= 11 is 5.57. The molecule has 0 bridgehead atoms. The Balaban J connectivity index is 2.57. The average molecular weight is 274 g/mol. The predicted octanol–water partition coefficient (Wildman–Crippen LogP) is 3.52. The first-order valence-electron chi connectivity index (χ1n) is 4.92. The summed E-state index contributed by atoms with van der Waals surface area (Å²) in [7, 11) is 0. The summed E-state index contributed by atoms with van der Waals surface area (Å²) < 4.78 is 38.0. The molecule has 2 rings (SSSR count). The number of alkyl halides is 3. The van der Waals surface area contributed by atoms with E-state index in [4.69, 9.17) is 11.6 Å².